The van der Waals surface area contributed by atoms with Gasteiger partial charge in [0.15, 0.2) is 11.5 Å². The average Bonchev–Trinajstić information content (AvgIpc) is 2.74. The lowest BCUT2D eigenvalue weighted by Gasteiger charge is -2.35. The lowest BCUT2D eigenvalue weighted by molar-refractivity contribution is 0.0162. The highest BCUT2D eigenvalue weighted by molar-refractivity contribution is 5.94. The fraction of sp³-hybridized carbons (Fsp3) is 0.458. The molecule has 6 nitrogen and oxygen atoms in total. The number of methoxy groups -OCH3 is 1. The van der Waals surface area contributed by atoms with Crippen molar-refractivity contribution in [2.45, 2.75) is 26.8 Å². The number of ether oxygens (including phenoxy) is 3. The van der Waals surface area contributed by atoms with Crippen LogP contribution < -0.4 is 14.8 Å². The van der Waals surface area contributed by atoms with Gasteiger partial charge in [0.2, 0.25) is 0 Å². The Balaban J connectivity index is 1.81. The zero-order chi connectivity index (χ0) is 21.5. The summed E-state index contributed by atoms with van der Waals surface area (Å²) in [6, 6.07) is 11.9. The highest BCUT2D eigenvalue weighted by Gasteiger charge is 2.24. The molecule has 1 aliphatic rings. The number of aryl methyl sites for hydroxylation is 2. The van der Waals surface area contributed by atoms with Gasteiger partial charge in [0.25, 0.3) is 5.91 Å². The van der Waals surface area contributed by atoms with Crippen LogP contribution in [0.3, 0.4) is 0 Å². The minimum absolute atomic E-state index is 0.0216. The van der Waals surface area contributed by atoms with Crippen LogP contribution in [-0.2, 0) is 4.74 Å². The molecule has 0 spiro atoms. The highest BCUT2D eigenvalue weighted by Crippen LogP contribution is 2.32. The lowest BCUT2D eigenvalue weighted by atomic mass is 10.0. The molecule has 0 radical (unpaired) electrons. The van der Waals surface area contributed by atoms with E-state index >= 15 is 0 Å². The summed E-state index contributed by atoms with van der Waals surface area (Å²) in [5, 5.41) is 3.13. The molecule has 1 saturated heterocycles. The molecule has 1 aliphatic heterocycles. The van der Waals surface area contributed by atoms with Crippen LogP contribution in [0.1, 0.15) is 40.0 Å². The Morgan fingerprint density at radius 2 is 1.80 bits per heavy atom. The van der Waals surface area contributed by atoms with Crippen molar-refractivity contribution in [1.82, 2.24) is 10.2 Å². The number of carbonyl (C=O) groups is 1. The molecule has 1 heterocycles. The minimum atomic E-state index is -0.0574. The molecule has 30 heavy (non-hydrogen) atoms. The Bertz CT molecular complexity index is 842. The van der Waals surface area contributed by atoms with Crippen molar-refractivity contribution in [3.05, 3.63) is 58.7 Å². The van der Waals surface area contributed by atoms with E-state index in [9.17, 15) is 4.79 Å². The van der Waals surface area contributed by atoms with E-state index in [1.165, 1.54) is 0 Å². The topological polar surface area (TPSA) is 60.0 Å². The summed E-state index contributed by atoms with van der Waals surface area (Å²) in [6.07, 6.45) is 0. The van der Waals surface area contributed by atoms with Crippen LogP contribution in [0.4, 0.5) is 0 Å². The van der Waals surface area contributed by atoms with Crippen molar-refractivity contribution in [2.75, 3.05) is 46.6 Å². The monoisotopic (exact) mass is 412 g/mol. The number of nitrogens with zero attached hydrogens (tertiary/aromatic N) is 1. The summed E-state index contributed by atoms with van der Waals surface area (Å²) in [6.45, 7) is 10.1. The first kappa shape index (κ1) is 22.1. The van der Waals surface area contributed by atoms with Crippen molar-refractivity contribution in [2.24, 2.45) is 0 Å². The predicted molar refractivity (Wildman–Crippen MR) is 118 cm³/mol. The van der Waals surface area contributed by atoms with Crippen LogP contribution in [0.2, 0.25) is 0 Å². The summed E-state index contributed by atoms with van der Waals surface area (Å²) < 4.78 is 16.7. The maximum atomic E-state index is 12.8. The predicted octanol–water partition coefficient (Wildman–Crippen LogP) is 3.51. The minimum Gasteiger partial charge on any atom is -0.493 e. The molecule has 0 bridgehead atoms. The fourth-order valence-electron chi connectivity index (χ4n) is 3.91. The molecule has 162 valence electrons. The number of hydrogen-bond acceptors (Lipinski definition) is 5. The van der Waals surface area contributed by atoms with Gasteiger partial charge in [-0.2, -0.15) is 0 Å². The van der Waals surface area contributed by atoms with Crippen molar-refractivity contribution in [3.63, 3.8) is 0 Å². The van der Waals surface area contributed by atoms with Crippen molar-refractivity contribution in [3.8, 4) is 11.5 Å². The zero-order valence-electron chi connectivity index (χ0n) is 18.4. The average molecular weight is 413 g/mol. The second kappa shape index (κ2) is 10.5. The second-order valence-electron chi connectivity index (χ2n) is 7.59. The fourth-order valence-corrected chi connectivity index (χ4v) is 3.91. The molecule has 0 unspecified atom stereocenters. The van der Waals surface area contributed by atoms with Gasteiger partial charge >= 0.3 is 0 Å². The molecule has 1 N–H and O–H groups in total. The first-order valence-electron chi connectivity index (χ1n) is 10.5. The molecular formula is C24H32N2O4. The Labute approximate surface area is 179 Å². The summed E-state index contributed by atoms with van der Waals surface area (Å²) >= 11 is 0. The van der Waals surface area contributed by atoms with Crippen LogP contribution >= 0.6 is 0 Å². The number of amides is 1. The first-order valence-corrected chi connectivity index (χ1v) is 10.5. The van der Waals surface area contributed by atoms with Gasteiger partial charge in [-0.1, -0.05) is 23.3 Å². The highest BCUT2D eigenvalue weighted by atomic mass is 16.5. The van der Waals surface area contributed by atoms with Gasteiger partial charge in [-0.25, -0.2) is 0 Å². The van der Waals surface area contributed by atoms with Gasteiger partial charge < -0.3 is 19.5 Å². The number of rotatable bonds is 8. The zero-order valence-corrected chi connectivity index (χ0v) is 18.4. The van der Waals surface area contributed by atoms with Gasteiger partial charge in [-0.15, -0.1) is 0 Å². The molecule has 1 atom stereocenters. The summed E-state index contributed by atoms with van der Waals surface area (Å²) in [7, 11) is 1.65. The van der Waals surface area contributed by atoms with Crippen molar-refractivity contribution in [1.29, 1.82) is 0 Å². The van der Waals surface area contributed by atoms with E-state index in [0.29, 0.717) is 37.7 Å². The largest absolute Gasteiger partial charge is 0.493 e. The Morgan fingerprint density at radius 1 is 1.10 bits per heavy atom. The van der Waals surface area contributed by atoms with Gasteiger partial charge in [-0.3, -0.25) is 9.69 Å². The summed E-state index contributed by atoms with van der Waals surface area (Å²) in [5.41, 5.74) is 3.94. The van der Waals surface area contributed by atoms with Crippen LogP contribution in [0.5, 0.6) is 11.5 Å². The maximum Gasteiger partial charge on any atom is 0.251 e. The molecule has 2 aromatic rings. The molecular weight excluding hydrogens is 380 g/mol. The summed E-state index contributed by atoms with van der Waals surface area (Å²) in [5.74, 6) is 1.37. The van der Waals surface area contributed by atoms with Crippen LogP contribution in [0.25, 0.3) is 0 Å². The molecule has 3 rings (SSSR count). The molecule has 0 saturated carbocycles. The third kappa shape index (κ3) is 5.52. The summed E-state index contributed by atoms with van der Waals surface area (Å²) in [4.78, 5) is 15.2. The third-order valence-electron chi connectivity index (χ3n) is 5.30. The quantitative estimate of drug-likeness (QED) is 0.719. The smallest absolute Gasteiger partial charge is 0.251 e. The van der Waals surface area contributed by atoms with Crippen LogP contribution in [0, 0.1) is 13.8 Å². The number of nitrogens with one attached hydrogen (secondary N) is 1. The van der Waals surface area contributed by atoms with Gasteiger partial charge in [0.05, 0.1) is 33.0 Å². The Hall–Kier alpha value is -2.57. The number of morpholine rings is 1. The molecule has 1 amide bonds. The Kier molecular flexibility index (Phi) is 7.71. The SMILES string of the molecule is CCOc1ccc([C@@H](CNC(=O)c2cc(C)cc(C)c2)N2CCOCC2)cc1OC. The maximum absolute atomic E-state index is 12.8. The molecule has 0 aromatic heterocycles. The van der Waals surface area contributed by atoms with E-state index in [0.717, 1.165) is 35.5 Å². The van der Waals surface area contributed by atoms with Crippen molar-refractivity contribution < 1.29 is 19.0 Å². The second-order valence-corrected chi connectivity index (χ2v) is 7.59. The normalized spacial score (nSPS) is 15.5. The van der Waals surface area contributed by atoms with Gasteiger partial charge in [0.1, 0.15) is 0 Å². The molecule has 2 aromatic carbocycles. The standard InChI is InChI=1S/C24H32N2O4/c1-5-30-22-7-6-19(15-23(22)28-4)21(26-8-10-29-11-9-26)16-25-24(27)20-13-17(2)12-18(3)14-20/h6-7,12-15,21H,5,8-11,16H2,1-4H3,(H,25,27)/t21-/m1/s1. The van der Waals surface area contributed by atoms with Crippen molar-refractivity contribution >= 4 is 5.91 Å². The van der Waals surface area contributed by atoms with E-state index < -0.39 is 0 Å². The number of benzene rings is 2. The molecule has 6 heteroatoms. The van der Waals surface area contributed by atoms with E-state index in [4.69, 9.17) is 14.2 Å². The number of carbonyl (C=O) groups excluding carboxylic acids is 1. The van der Waals surface area contributed by atoms with E-state index in [-0.39, 0.29) is 11.9 Å². The van der Waals surface area contributed by atoms with Crippen LogP contribution in [0.15, 0.2) is 36.4 Å². The van der Waals surface area contributed by atoms with E-state index in [1.807, 2.05) is 45.0 Å². The third-order valence-corrected chi connectivity index (χ3v) is 5.30. The van der Waals surface area contributed by atoms with E-state index in [1.54, 1.807) is 7.11 Å². The van der Waals surface area contributed by atoms with Crippen LogP contribution in [-0.4, -0.2) is 57.4 Å². The lowest BCUT2D eigenvalue weighted by Crippen LogP contribution is -2.43. The molecule has 0 aliphatic carbocycles. The number of hydrogen-bond donors (Lipinski definition) is 1. The van der Waals surface area contributed by atoms with E-state index in [2.05, 4.69) is 22.3 Å². The van der Waals surface area contributed by atoms with Gasteiger partial charge in [-0.05, 0) is 50.6 Å². The molecule has 1 fully saturated rings. The van der Waals surface area contributed by atoms with Gasteiger partial charge in [0, 0.05) is 25.2 Å². The Morgan fingerprint density at radius 3 is 2.43 bits per heavy atom. The first-order chi connectivity index (χ1) is 14.5.